The summed E-state index contributed by atoms with van der Waals surface area (Å²) in [5.74, 6) is -1.03. The second kappa shape index (κ2) is 7.18. The highest BCUT2D eigenvalue weighted by Crippen LogP contribution is 2.02. The quantitative estimate of drug-likeness (QED) is 0.743. The second-order valence-electron chi connectivity index (χ2n) is 4.17. The van der Waals surface area contributed by atoms with Crippen LogP contribution in [-0.2, 0) is 27.4 Å². The highest BCUT2D eigenvalue weighted by atomic mass is 16.5. The third kappa shape index (κ3) is 4.41. The van der Waals surface area contributed by atoms with Crippen molar-refractivity contribution in [3.8, 4) is 0 Å². The largest absolute Gasteiger partial charge is 0.461 e. The van der Waals surface area contributed by atoms with Crippen LogP contribution in [0.1, 0.15) is 23.0 Å². The van der Waals surface area contributed by atoms with Gasteiger partial charge in [0.05, 0.1) is 12.8 Å². The third-order valence-electron chi connectivity index (χ3n) is 2.56. The van der Waals surface area contributed by atoms with Crippen molar-refractivity contribution < 1.29 is 19.1 Å². The first-order chi connectivity index (χ1) is 10.2. The zero-order valence-corrected chi connectivity index (χ0v) is 11.6. The van der Waals surface area contributed by atoms with Gasteiger partial charge < -0.3 is 9.47 Å². The van der Waals surface area contributed by atoms with Gasteiger partial charge in [0, 0.05) is 0 Å². The van der Waals surface area contributed by atoms with Crippen LogP contribution in [0.5, 0.6) is 0 Å². The first-order valence-electron chi connectivity index (χ1n) is 6.46. The highest BCUT2D eigenvalue weighted by molar-refractivity contribution is 5.86. The van der Waals surface area contributed by atoms with Gasteiger partial charge in [0.15, 0.2) is 5.69 Å². The Morgan fingerprint density at radius 3 is 2.67 bits per heavy atom. The maximum absolute atomic E-state index is 11.7. The second-order valence-corrected chi connectivity index (χ2v) is 4.17. The van der Waals surface area contributed by atoms with E-state index >= 15 is 0 Å². The maximum Gasteiger partial charge on any atom is 0.360 e. The van der Waals surface area contributed by atoms with Crippen molar-refractivity contribution in [3.63, 3.8) is 0 Å². The van der Waals surface area contributed by atoms with Crippen LogP contribution in [0.4, 0.5) is 0 Å². The number of nitrogens with zero attached hydrogens (tertiary/aromatic N) is 3. The van der Waals surface area contributed by atoms with E-state index in [0.29, 0.717) is 0 Å². The fourth-order valence-electron chi connectivity index (χ4n) is 1.59. The monoisotopic (exact) mass is 289 g/mol. The van der Waals surface area contributed by atoms with Crippen molar-refractivity contribution in [1.29, 1.82) is 0 Å². The normalized spacial score (nSPS) is 10.1. The lowest BCUT2D eigenvalue weighted by Gasteiger charge is -2.04. The van der Waals surface area contributed by atoms with Crippen LogP contribution in [-0.4, -0.2) is 33.5 Å². The van der Waals surface area contributed by atoms with E-state index in [1.165, 1.54) is 10.9 Å². The summed E-state index contributed by atoms with van der Waals surface area (Å²) >= 11 is 0. The van der Waals surface area contributed by atoms with E-state index in [9.17, 15) is 9.59 Å². The molecule has 7 heteroatoms. The number of hydrogen-bond acceptors (Lipinski definition) is 6. The van der Waals surface area contributed by atoms with Gasteiger partial charge in [-0.1, -0.05) is 35.5 Å². The molecule has 0 spiro atoms. The number of ether oxygens (including phenoxy) is 2. The van der Waals surface area contributed by atoms with Crippen molar-refractivity contribution in [1.82, 2.24) is 15.0 Å². The summed E-state index contributed by atoms with van der Waals surface area (Å²) in [6, 6.07) is 9.35. The zero-order valence-electron chi connectivity index (χ0n) is 11.6. The van der Waals surface area contributed by atoms with Crippen molar-refractivity contribution >= 4 is 11.9 Å². The van der Waals surface area contributed by atoms with Gasteiger partial charge in [-0.25, -0.2) is 9.48 Å². The Bertz CT molecular complexity index is 610. The molecular weight excluding hydrogens is 274 g/mol. The van der Waals surface area contributed by atoms with Crippen LogP contribution < -0.4 is 0 Å². The molecule has 0 N–H and O–H groups in total. The molecule has 7 nitrogen and oxygen atoms in total. The van der Waals surface area contributed by atoms with Gasteiger partial charge in [-0.05, 0) is 12.5 Å². The molecule has 110 valence electrons. The Balaban J connectivity index is 1.84. The maximum atomic E-state index is 11.7. The lowest BCUT2D eigenvalue weighted by atomic mass is 10.2. The van der Waals surface area contributed by atoms with E-state index in [1.807, 2.05) is 30.3 Å². The van der Waals surface area contributed by atoms with E-state index in [4.69, 9.17) is 9.47 Å². The number of carbonyl (C=O) groups excluding carboxylic acids is 2. The summed E-state index contributed by atoms with van der Waals surface area (Å²) in [5.41, 5.74) is 0.962. The summed E-state index contributed by atoms with van der Waals surface area (Å²) in [6.45, 7) is 2.03. The smallest absolute Gasteiger partial charge is 0.360 e. The number of carbonyl (C=O) groups is 2. The molecule has 0 fully saturated rings. The highest BCUT2D eigenvalue weighted by Gasteiger charge is 2.13. The van der Waals surface area contributed by atoms with Crippen LogP contribution in [0.15, 0.2) is 36.5 Å². The SMILES string of the molecule is CCOC(=O)c1cn(CC(=O)OCc2ccccc2)nn1. The zero-order chi connectivity index (χ0) is 15.1. The number of aromatic nitrogens is 3. The summed E-state index contributed by atoms with van der Waals surface area (Å²) in [5, 5.41) is 7.32. The van der Waals surface area contributed by atoms with Crippen molar-refractivity contribution in [2.75, 3.05) is 6.61 Å². The molecule has 0 aliphatic rings. The standard InChI is InChI=1S/C14H15N3O4/c1-2-20-14(19)12-8-17(16-15-12)9-13(18)21-10-11-6-4-3-5-7-11/h3-8H,2,9-10H2,1H3. The average molecular weight is 289 g/mol. The summed E-state index contributed by atoms with van der Waals surface area (Å²) in [6.07, 6.45) is 1.35. The molecule has 0 bridgehead atoms. The Morgan fingerprint density at radius 1 is 1.19 bits per heavy atom. The molecule has 2 aromatic rings. The van der Waals surface area contributed by atoms with E-state index in [1.54, 1.807) is 6.92 Å². The third-order valence-corrected chi connectivity index (χ3v) is 2.56. The Labute approximate surface area is 121 Å². The molecule has 0 amide bonds. The van der Waals surface area contributed by atoms with Crippen LogP contribution in [0.2, 0.25) is 0 Å². The fourth-order valence-corrected chi connectivity index (χ4v) is 1.59. The Kier molecular flexibility index (Phi) is 5.03. The first kappa shape index (κ1) is 14.7. The van der Waals surface area contributed by atoms with E-state index in [2.05, 4.69) is 10.3 Å². The van der Waals surface area contributed by atoms with E-state index in [-0.39, 0.29) is 25.5 Å². The van der Waals surface area contributed by atoms with Gasteiger partial charge in [0.25, 0.3) is 0 Å². The predicted molar refractivity (Wildman–Crippen MR) is 72.2 cm³/mol. The van der Waals surface area contributed by atoms with Crippen LogP contribution >= 0.6 is 0 Å². The van der Waals surface area contributed by atoms with Gasteiger partial charge >= 0.3 is 11.9 Å². The fraction of sp³-hybridized carbons (Fsp3) is 0.286. The number of esters is 2. The summed E-state index contributed by atoms with van der Waals surface area (Å²) < 4.78 is 11.1. The van der Waals surface area contributed by atoms with Crippen LogP contribution in [0.3, 0.4) is 0 Å². The van der Waals surface area contributed by atoms with Crippen LogP contribution in [0, 0.1) is 0 Å². The molecule has 1 aromatic carbocycles. The molecule has 21 heavy (non-hydrogen) atoms. The Hall–Kier alpha value is -2.70. The molecule has 0 saturated carbocycles. The molecule has 0 atom stereocenters. The molecule has 0 unspecified atom stereocenters. The predicted octanol–water partition coefficient (Wildman–Crippen LogP) is 1.20. The van der Waals surface area contributed by atoms with Gasteiger partial charge in [-0.2, -0.15) is 0 Å². The number of hydrogen-bond donors (Lipinski definition) is 0. The molecule has 1 heterocycles. The number of benzene rings is 1. The summed E-state index contributed by atoms with van der Waals surface area (Å²) in [7, 11) is 0. The van der Waals surface area contributed by atoms with E-state index < -0.39 is 11.9 Å². The lowest BCUT2D eigenvalue weighted by Crippen LogP contribution is -2.14. The van der Waals surface area contributed by atoms with Gasteiger partial charge in [-0.3, -0.25) is 4.79 Å². The van der Waals surface area contributed by atoms with Gasteiger partial charge in [-0.15, -0.1) is 5.10 Å². The van der Waals surface area contributed by atoms with E-state index in [0.717, 1.165) is 5.56 Å². The van der Waals surface area contributed by atoms with Crippen molar-refractivity contribution in [2.45, 2.75) is 20.1 Å². The first-order valence-corrected chi connectivity index (χ1v) is 6.46. The molecule has 2 rings (SSSR count). The number of rotatable bonds is 6. The molecule has 1 aromatic heterocycles. The van der Waals surface area contributed by atoms with Crippen molar-refractivity contribution in [2.24, 2.45) is 0 Å². The van der Waals surface area contributed by atoms with Gasteiger partial charge in [0.2, 0.25) is 0 Å². The average Bonchev–Trinajstić information content (AvgIpc) is 2.95. The molecule has 0 saturated heterocycles. The lowest BCUT2D eigenvalue weighted by molar-refractivity contribution is -0.145. The molecular formula is C14H15N3O4. The molecule has 0 radical (unpaired) electrons. The minimum Gasteiger partial charge on any atom is -0.461 e. The van der Waals surface area contributed by atoms with Gasteiger partial charge in [0.1, 0.15) is 13.2 Å². The molecule has 0 aliphatic heterocycles. The topological polar surface area (TPSA) is 83.3 Å². The minimum absolute atomic E-state index is 0.0627. The molecule has 0 aliphatic carbocycles. The van der Waals surface area contributed by atoms with Crippen LogP contribution in [0.25, 0.3) is 0 Å². The summed E-state index contributed by atoms with van der Waals surface area (Å²) in [4.78, 5) is 23.1. The van der Waals surface area contributed by atoms with Crippen molar-refractivity contribution in [3.05, 3.63) is 47.8 Å². The minimum atomic E-state index is -0.568. The Morgan fingerprint density at radius 2 is 1.95 bits per heavy atom.